The SMILES string of the molecule is CCc1ccc(OC[C@H](O)CN)cc1. The Bertz CT molecular complexity index is 258. The van der Waals surface area contributed by atoms with E-state index < -0.39 is 6.10 Å². The van der Waals surface area contributed by atoms with Crippen LogP contribution in [-0.4, -0.2) is 24.4 Å². The van der Waals surface area contributed by atoms with Crippen molar-refractivity contribution in [2.24, 2.45) is 5.73 Å². The zero-order chi connectivity index (χ0) is 10.4. The van der Waals surface area contributed by atoms with Gasteiger partial charge in [0.05, 0.1) is 0 Å². The van der Waals surface area contributed by atoms with E-state index in [1.165, 1.54) is 5.56 Å². The topological polar surface area (TPSA) is 55.5 Å². The molecule has 0 unspecified atom stereocenters. The molecule has 0 amide bonds. The van der Waals surface area contributed by atoms with Gasteiger partial charge in [0, 0.05) is 6.54 Å². The van der Waals surface area contributed by atoms with Gasteiger partial charge in [-0.3, -0.25) is 0 Å². The van der Waals surface area contributed by atoms with Gasteiger partial charge >= 0.3 is 0 Å². The van der Waals surface area contributed by atoms with E-state index in [4.69, 9.17) is 10.5 Å². The number of aliphatic hydroxyl groups excluding tert-OH is 1. The predicted molar refractivity (Wildman–Crippen MR) is 56.4 cm³/mol. The Morgan fingerprint density at radius 2 is 2.00 bits per heavy atom. The third kappa shape index (κ3) is 3.36. The number of benzene rings is 1. The van der Waals surface area contributed by atoms with Crippen LogP contribution in [-0.2, 0) is 6.42 Å². The van der Waals surface area contributed by atoms with E-state index in [1.807, 2.05) is 24.3 Å². The van der Waals surface area contributed by atoms with Crippen LogP contribution in [0.15, 0.2) is 24.3 Å². The van der Waals surface area contributed by atoms with Crippen LogP contribution in [0.4, 0.5) is 0 Å². The smallest absolute Gasteiger partial charge is 0.119 e. The first-order valence-corrected chi connectivity index (χ1v) is 4.86. The molecule has 0 aromatic heterocycles. The summed E-state index contributed by atoms with van der Waals surface area (Å²) < 4.78 is 5.33. The molecule has 1 aromatic carbocycles. The molecule has 0 aliphatic carbocycles. The van der Waals surface area contributed by atoms with E-state index in [0.717, 1.165) is 12.2 Å². The van der Waals surface area contributed by atoms with Crippen molar-refractivity contribution in [3.63, 3.8) is 0 Å². The van der Waals surface area contributed by atoms with Crippen molar-refractivity contribution in [2.45, 2.75) is 19.4 Å². The fourth-order valence-corrected chi connectivity index (χ4v) is 1.08. The fourth-order valence-electron chi connectivity index (χ4n) is 1.08. The van der Waals surface area contributed by atoms with Gasteiger partial charge in [-0.25, -0.2) is 0 Å². The molecule has 0 aliphatic rings. The lowest BCUT2D eigenvalue weighted by atomic mass is 10.2. The maximum Gasteiger partial charge on any atom is 0.119 e. The van der Waals surface area contributed by atoms with Gasteiger partial charge in [-0.15, -0.1) is 0 Å². The van der Waals surface area contributed by atoms with Gasteiger partial charge in [-0.05, 0) is 24.1 Å². The van der Waals surface area contributed by atoms with Gasteiger partial charge in [0.2, 0.25) is 0 Å². The standard InChI is InChI=1S/C11H17NO2/c1-2-9-3-5-11(6-4-9)14-8-10(13)7-12/h3-6,10,13H,2,7-8,12H2,1H3/t10-/m1/s1. The van der Waals surface area contributed by atoms with Crippen molar-refractivity contribution >= 4 is 0 Å². The minimum atomic E-state index is -0.583. The summed E-state index contributed by atoms with van der Waals surface area (Å²) in [7, 11) is 0. The first kappa shape index (κ1) is 11.0. The maximum atomic E-state index is 9.17. The van der Waals surface area contributed by atoms with Crippen molar-refractivity contribution in [1.82, 2.24) is 0 Å². The van der Waals surface area contributed by atoms with Gasteiger partial charge in [0.25, 0.3) is 0 Å². The summed E-state index contributed by atoms with van der Waals surface area (Å²) in [6.07, 6.45) is 0.437. The van der Waals surface area contributed by atoms with E-state index >= 15 is 0 Å². The Balaban J connectivity index is 2.43. The zero-order valence-corrected chi connectivity index (χ0v) is 8.44. The van der Waals surface area contributed by atoms with E-state index in [9.17, 15) is 5.11 Å². The second kappa shape index (κ2) is 5.62. The molecule has 0 fully saturated rings. The molecule has 3 heteroatoms. The first-order valence-electron chi connectivity index (χ1n) is 4.86. The molecule has 0 radical (unpaired) electrons. The van der Waals surface area contributed by atoms with Crippen LogP contribution in [0.2, 0.25) is 0 Å². The summed E-state index contributed by atoms with van der Waals surface area (Å²) in [6.45, 7) is 2.59. The Labute approximate surface area is 84.5 Å². The Hall–Kier alpha value is -1.06. The second-order valence-electron chi connectivity index (χ2n) is 3.20. The average Bonchev–Trinajstić information content (AvgIpc) is 2.26. The Morgan fingerprint density at radius 1 is 1.36 bits per heavy atom. The molecule has 0 bridgehead atoms. The average molecular weight is 195 g/mol. The maximum absolute atomic E-state index is 9.17. The summed E-state index contributed by atoms with van der Waals surface area (Å²) in [5.74, 6) is 0.773. The zero-order valence-electron chi connectivity index (χ0n) is 8.44. The van der Waals surface area contributed by atoms with Crippen LogP contribution in [0.3, 0.4) is 0 Å². The van der Waals surface area contributed by atoms with Crippen molar-refractivity contribution < 1.29 is 9.84 Å². The number of aliphatic hydroxyl groups is 1. The van der Waals surface area contributed by atoms with Gasteiger partial charge < -0.3 is 15.6 Å². The van der Waals surface area contributed by atoms with Crippen molar-refractivity contribution in [1.29, 1.82) is 0 Å². The minimum absolute atomic E-state index is 0.229. The van der Waals surface area contributed by atoms with Crippen LogP contribution in [0.25, 0.3) is 0 Å². The van der Waals surface area contributed by atoms with Gasteiger partial charge in [-0.1, -0.05) is 19.1 Å². The molecule has 0 saturated heterocycles. The molecule has 1 rings (SSSR count). The number of hydrogen-bond donors (Lipinski definition) is 2. The number of nitrogens with two attached hydrogens (primary N) is 1. The molecular weight excluding hydrogens is 178 g/mol. The molecule has 3 nitrogen and oxygen atoms in total. The Morgan fingerprint density at radius 3 is 2.50 bits per heavy atom. The molecule has 1 atom stereocenters. The summed E-state index contributed by atoms with van der Waals surface area (Å²) >= 11 is 0. The highest BCUT2D eigenvalue weighted by molar-refractivity contribution is 5.27. The van der Waals surface area contributed by atoms with Gasteiger partial charge in [0.15, 0.2) is 0 Å². The van der Waals surface area contributed by atoms with Crippen molar-refractivity contribution in [3.8, 4) is 5.75 Å². The molecule has 3 N–H and O–H groups in total. The van der Waals surface area contributed by atoms with Crippen LogP contribution >= 0.6 is 0 Å². The van der Waals surface area contributed by atoms with Crippen LogP contribution in [0.1, 0.15) is 12.5 Å². The third-order valence-corrected chi connectivity index (χ3v) is 2.05. The predicted octanol–water partition coefficient (Wildman–Crippen LogP) is 0.947. The summed E-state index contributed by atoms with van der Waals surface area (Å²) in [5.41, 5.74) is 6.53. The van der Waals surface area contributed by atoms with E-state index in [-0.39, 0.29) is 13.2 Å². The van der Waals surface area contributed by atoms with E-state index in [2.05, 4.69) is 6.92 Å². The molecule has 0 spiro atoms. The third-order valence-electron chi connectivity index (χ3n) is 2.05. The quantitative estimate of drug-likeness (QED) is 0.735. The van der Waals surface area contributed by atoms with Crippen molar-refractivity contribution in [2.75, 3.05) is 13.2 Å². The summed E-state index contributed by atoms with van der Waals surface area (Å²) in [6, 6.07) is 7.85. The van der Waals surface area contributed by atoms with Crippen molar-refractivity contribution in [3.05, 3.63) is 29.8 Å². The second-order valence-corrected chi connectivity index (χ2v) is 3.20. The Kier molecular flexibility index (Phi) is 4.43. The lowest BCUT2D eigenvalue weighted by molar-refractivity contribution is 0.114. The number of aryl methyl sites for hydroxylation is 1. The largest absolute Gasteiger partial charge is 0.491 e. The molecule has 1 aromatic rings. The monoisotopic (exact) mass is 195 g/mol. The summed E-state index contributed by atoms with van der Waals surface area (Å²) in [5, 5.41) is 9.17. The molecule has 0 heterocycles. The number of rotatable bonds is 5. The molecular formula is C11H17NO2. The molecule has 14 heavy (non-hydrogen) atoms. The van der Waals surface area contributed by atoms with E-state index in [0.29, 0.717) is 0 Å². The molecule has 78 valence electrons. The fraction of sp³-hybridized carbons (Fsp3) is 0.455. The molecule has 0 saturated carbocycles. The highest BCUT2D eigenvalue weighted by Gasteiger charge is 2.01. The lowest BCUT2D eigenvalue weighted by Crippen LogP contribution is -2.26. The molecule has 0 aliphatic heterocycles. The van der Waals surface area contributed by atoms with E-state index in [1.54, 1.807) is 0 Å². The highest BCUT2D eigenvalue weighted by atomic mass is 16.5. The first-order chi connectivity index (χ1) is 6.76. The normalized spacial score (nSPS) is 12.5. The van der Waals surface area contributed by atoms with Crippen LogP contribution < -0.4 is 10.5 Å². The summed E-state index contributed by atoms with van der Waals surface area (Å²) in [4.78, 5) is 0. The van der Waals surface area contributed by atoms with Gasteiger partial charge in [0.1, 0.15) is 18.5 Å². The number of ether oxygens (including phenoxy) is 1. The van der Waals surface area contributed by atoms with Crippen LogP contribution in [0, 0.1) is 0 Å². The minimum Gasteiger partial charge on any atom is -0.491 e. The lowest BCUT2D eigenvalue weighted by Gasteiger charge is -2.10. The van der Waals surface area contributed by atoms with Gasteiger partial charge in [-0.2, -0.15) is 0 Å². The van der Waals surface area contributed by atoms with Crippen LogP contribution in [0.5, 0.6) is 5.75 Å². The highest BCUT2D eigenvalue weighted by Crippen LogP contribution is 2.12. The number of hydrogen-bond acceptors (Lipinski definition) is 3.